The van der Waals surface area contributed by atoms with E-state index in [9.17, 15) is 4.79 Å². The number of likely N-dealkylation sites (N-methyl/N-ethyl adjacent to an activating group) is 1. The topological polar surface area (TPSA) is 79.2 Å². The first-order valence-corrected chi connectivity index (χ1v) is 11.0. The highest BCUT2D eigenvalue weighted by Crippen LogP contribution is 2.29. The largest absolute Gasteiger partial charge is 0.344 e. The summed E-state index contributed by atoms with van der Waals surface area (Å²) in [6.07, 6.45) is 5.41. The van der Waals surface area contributed by atoms with Crippen molar-refractivity contribution in [2.45, 2.75) is 39.3 Å². The van der Waals surface area contributed by atoms with E-state index in [1.54, 1.807) is 28.4 Å². The lowest BCUT2D eigenvalue weighted by Crippen LogP contribution is -2.38. The number of carbonyl (C=O) groups excluding carboxylic acids is 1. The molecule has 2 amide bonds. The van der Waals surface area contributed by atoms with Crippen LogP contribution in [0.15, 0.2) is 49.1 Å². The fourth-order valence-corrected chi connectivity index (χ4v) is 3.96. The van der Waals surface area contributed by atoms with Crippen LogP contribution in [-0.4, -0.2) is 50.1 Å². The van der Waals surface area contributed by atoms with Crippen molar-refractivity contribution in [2.24, 2.45) is 5.92 Å². The van der Waals surface area contributed by atoms with Gasteiger partial charge in [0.1, 0.15) is 5.82 Å². The van der Waals surface area contributed by atoms with Crippen LogP contribution in [0.25, 0.3) is 5.69 Å². The second-order valence-corrected chi connectivity index (χ2v) is 9.41. The quantitative estimate of drug-likeness (QED) is 0.591. The minimum absolute atomic E-state index is 0.0469. The molecule has 3 heterocycles. The molecule has 3 aromatic rings. The third kappa shape index (κ3) is 4.27. The highest BCUT2D eigenvalue weighted by atomic mass is 35.5. The predicted octanol–water partition coefficient (Wildman–Crippen LogP) is 4.56. The summed E-state index contributed by atoms with van der Waals surface area (Å²) in [4.78, 5) is 29.9. The molecular formula is C23H28ClN7O. The average molecular weight is 454 g/mol. The van der Waals surface area contributed by atoms with Gasteiger partial charge in [-0.15, -0.1) is 0 Å². The molecule has 9 heteroatoms. The lowest BCUT2D eigenvalue weighted by atomic mass is 10.0. The van der Waals surface area contributed by atoms with Crippen LogP contribution in [0.3, 0.4) is 0 Å². The van der Waals surface area contributed by atoms with Gasteiger partial charge in [-0.05, 0) is 50.1 Å². The van der Waals surface area contributed by atoms with Gasteiger partial charge in [0.15, 0.2) is 0 Å². The lowest BCUT2D eigenvalue weighted by molar-refractivity contribution is 0.229. The van der Waals surface area contributed by atoms with Crippen molar-refractivity contribution < 1.29 is 4.79 Å². The molecule has 0 saturated carbocycles. The second-order valence-electron chi connectivity index (χ2n) is 8.98. The Morgan fingerprint density at radius 3 is 2.56 bits per heavy atom. The van der Waals surface area contributed by atoms with Crippen LogP contribution < -0.4 is 10.2 Å². The molecule has 1 atom stereocenters. The minimum Gasteiger partial charge on any atom is -0.344 e. The number of nitrogens with one attached hydrogen (secondary N) is 1. The summed E-state index contributed by atoms with van der Waals surface area (Å²) in [5, 5.41) is 4.06. The molecule has 0 bridgehead atoms. The fraction of sp³-hybridized carbons (Fsp3) is 0.391. The number of hydrogen-bond acceptors (Lipinski definition) is 5. The molecule has 1 N–H and O–H groups in total. The molecule has 1 aliphatic rings. The molecule has 1 aliphatic heterocycles. The number of urea groups is 1. The van der Waals surface area contributed by atoms with E-state index in [1.807, 2.05) is 55.9 Å². The number of amides is 2. The van der Waals surface area contributed by atoms with E-state index in [4.69, 9.17) is 11.6 Å². The SMILES string of the molecule is CC(C)[C@H]1CN(C)C(=O)N1c1ccnc(NC(C)(C)c2cn(-c3ccc(Cl)cc3)cn2)n1. The number of imidazole rings is 1. The standard InChI is InChI=1S/C23H28ClN7O/c1-15(2)18-12-29(5)22(32)31(18)20-10-11-25-21(27-20)28-23(3,4)19-13-30(14-26-19)17-8-6-16(24)7-9-17/h6-11,13-15,18H,12H2,1-5H3,(H,25,27,28)/t18-/m1/s1. The summed E-state index contributed by atoms with van der Waals surface area (Å²) < 4.78 is 1.94. The van der Waals surface area contributed by atoms with Crippen molar-refractivity contribution in [3.8, 4) is 5.69 Å². The zero-order valence-electron chi connectivity index (χ0n) is 19.0. The van der Waals surface area contributed by atoms with Gasteiger partial charge in [0, 0.05) is 36.7 Å². The van der Waals surface area contributed by atoms with Crippen LogP contribution in [0.1, 0.15) is 33.4 Å². The van der Waals surface area contributed by atoms with Gasteiger partial charge in [-0.3, -0.25) is 4.90 Å². The highest BCUT2D eigenvalue weighted by molar-refractivity contribution is 6.30. The molecule has 0 unspecified atom stereocenters. The van der Waals surface area contributed by atoms with Gasteiger partial charge in [0.25, 0.3) is 0 Å². The zero-order valence-corrected chi connectivity index (χ0v) is 19.7. The van der Waals surface area contributed by atoms with Gasteiger partial charge < -0.3 is 14.8 Å². The Morgan fingerprint density at radius 2 is 1.88 bits per heavy atom. The maximum absolute atomic E-state index is 12.7. The first-order chi connectivity index (χ1) is 15.2. The van der Waals surface area contributed by atoms with Gasteiger partial charge >= 0.3 is 6.03 Å². The first kappa shape index (κ1) is 22.1. The maximum atomic E-state index is 12.7. The number of anilines is 2. The Morgan fingerprint density at radius 1 is 1.16 bits per heavy atom. The Kier molecular flexibility index (Phi) is 5.81. The third-order valence-electron chi connectivity index (χ3n) is 5.75. The summed E-state index contributed by atoms with van der Waals surface area (Å²) in [7, 11) is 1.82. The number of hydrogen-bond donors (Lipinski definition) is 1. The van der Waals surface area contributed by atoms with E-state index in [0.29, 0.717) is 29.3 Å². The summed E-state index contributed by atoms with van der Waals surface area (Å²) in [5.41, 5.74) is 1.26. The van der Waals surface area contributed by atoms with Crippen LogP contribution in [0.2, 0.25) is 5.02 Å². The van der Waals surface area contributed by atoms with Gasteiger partial charge in [-0.25, -0.2) is 14.8 Å². The lowest BCUT2D eigenvalue weighted by Gasteiger charge is -2.27. The van der Waals surface area contributed by atoms with Crippen LogP contribution in [0.4, 0.5) is 16.6 Å². The van der Waals surface area contributed by atoms with E-state index < -0.39 is 5.54 Å². The molecule has 0 aliphatic carbocycles. The van der Waals surface area contributed by atoms with Crippen molar-refractivity contribution in [2.75, 3.05) is 23.8 Å². The Balaban J connectivity index is 1.57. The van der Waals surface area contributed by atoms with E-state index in [2.05, 4.69) is 34.1 Å². The van der Waals surface area contributed by atoms with E-state index in [0.717, 1.165) is 11.4 Å². The zero-order chi connectivity index (χ0) is 23.0. The summed E-state index contributed by atoms with van der Waals surface area (Å²) in [5.74, 6) is 1.35. The fourth-order valence-electron chi connectivity index (χ4n) is 3.83. The van der Waals surface area contributed by atoms with Crippen LogP contribution in [0.5, 0.6) is 0 Å². The summed E-state index contributed by atoms with van der Waals surface area (Å²) in [6, 6.07) is 9.38. The molecule has 32 heavy (non-hydrogen) atoms. The number of aromatic nitrogens is 4. The highest BCUT2D eigenvalue weighted by Gasteiger charge is 2.39. The number of carbonyl (C=O) groups is 1. The van der Waals surface area contributed by atoms with Crippen molar-refractivity contribution in [3.63, 3.8) is 0 Å². The number of benzene rings is 1. The van der Waals surface area contributed by atoms with Gasteiger partial charge in [-0.2, -0.15) is 4.98 Å². The van der Waals surface area contributed by atoms with E-state index in [1.165, 1.54) is 0 Å². The molecule has 0 spiro atoms. The minimum atomic E-state index is -0.542. The van der Waals surface area contributed by atoms with Gasteiger partial charge in [0.05, 0.1) is 23.6 Å². The molecule has 1 saturated heterocycles. The molecule has 0 radical (unpaired) electrons. The molecule has 1 fully saturated rings. The Hall–Kier alpha value is -3.13. The molecule has 8 nitrogen and oxygen atoms in total. The van der Waals surface area contributed by atoms with Crippen molar-refractivity contribution in [3.05, 3.63) is 59.8 Å². The number of halogens is 1. The van der Waals surface area contributed by atoms with Gasteiger partial charge in [-0.1, -0.05) is 25.4 Å². The van der Waals surface area contributed by atoms with E-state index >= 15 is 0 Å². The summed E-state index contributed by atoms with van der Waals surface area (Å²) >= 11 is 5.99. The van der Waals surface area contributed by atoms with Crippen molar-refractivity contribution >= 4 is 29.4 Å². The molecule has 1 aromatic carbocycles. The van der Waals surface area contributed by atoms with Crippen molar-refractivity contribution in [1.82, 2.24) is 24.4 Å². The summed E-state index contributed by atoms with van der Waals surface area (Å²) in [6.45, 7) is 8.94. The van der Waals surface area contributed by atoms with Crippen LogP contribution in [-0.2, 0) is 5.54 Å². The van der Waals surface area contributed by atoms with Gasteiger partial charge in [0.2, 0.25) is 5.95 Å². The Labute approximate surface area is 193 Å². The van der Waals surface area contributed by atoms with Crippen LogP contribution >= 0.6 is 11.6 Å². The maximum Gasteiger partial charge on any atom is 0.325 e. The molecule has 2 aromatic heterocycles. The molecular weight excluding hydrogens is 426 g/mol. The number of nitrogens with zero attached hydrogens (tertiary/aromatic N) is 6. The smallest absolute Gasteiger partial charge is 0.325 e. The first-order valence-electron chi connectivity index (χ1n) is 10.6. The molecule has 4 rings (SSSR count). The third-order valence-corrected chi connectivity index (χ3v) is 6.01. The van der Waals surface area contributed by atoms with Crippen LogP contribution in [0, 0.1) is 5.92 Å². The van der Waals surface area contributed by atoms with Crippen molar-refractivity contribution in [1.29, 1.82) is 0 Å². The van der Waals surface area contributed by atoms with E-state index in [-0.39, 0.29) is 12.1 Å². The normalized spacial score (nSPS) is 16.8. The Bertz CT molecular complexity index is 1110. The predicted molar refractivity (Wildman–Crippen MR) is 126 cm³/mol. The second kappa shape index (κ2) is 8.43. The monoisotopic (exact) mass is 453 g/mol. The average Bonchev–Trinajstić information content (AvgIpc) is 3.35. The molecule has 168 valence electrons. The number of rotatable bonds is 6.